The molecule has 0 saturated carbocycles. The number of carbonyl (C=O) groups is 7. The first-order valence-corrected chi connectivity index (χ1v) is 22.5. The van der Waals surface area contributed by atoms with E-state index in [2.05, 4.69) is 32.9 Å². The predicted molar refractivity (Wildman–Crippen MR) is 239 cm³/mol. The van der Waals surface area contributed by atoms with E-state index < -0.39 is 78.3 Å². The van der Waals surface area contributed by atoms with Gasteiger partial charge in [0.2, 0.25) is 35.4 Å². The molecule has 3 heterocycles. The Morgan fingerprint density at radius 3 is 2.19 bits per heavy atom. The Morgan fingerprint density at radius 2 is 1.52 bits per heavy atom. The quantitative estimate of drug-likeness (QED) is 0.0310. The molecule has 3 saturated heterocycles. The molecule has 14 N–H and O–H groups in total. The number of aliphatic hydroxyl groups excluding tert-OH is 1. The minimum absolute atomic E-state index is 0.0510. The van der Waals surface area contributed by atoms with Crippen molar-refractivity contribution in [2.24, 2.45) is 44.6 Å². The number of benzene rings is 1. The first-order chi connectivity index (χ1) is 30.6. The van der Waals surface area contributed by atoms with E-state index in [1.165, 1.54) is 14.7 Å². The molecule has 7 amide bonds. The average Bonchev–Trinajstić information content (AvgIpc) is 4.01. The minimum atomic E-state index is -1.17. The van der Waals surface area contributed by atoms with E-state index in [0.717, 1.165) is 37.7 Å². The van der Waals surface area contributed by atoms with Gasteiger partial charge in [-0.1, -0.05) is 62.9 Å². The van der Waals surface area contributed by atoms with Crippen molar-refractivity contribution >= 4 is 53.3 Å². The summed E-state index contributed by atoms with van der Waals surface area (Å²) in [4.78, 5) is 107. The maximum absolute atomic E-state index is 14.2. The molecule has 0 radical (unpaired) electrons. The third-order valence-electron chi connectivity index (χ3n) is 11.8. The Balaban J connectivity index is 1.40. The first kappa shape index (κ1) is 50.8. The number of hydrogen-bond donors (Lipinski definition) is 9. The molecule has 0 unspecified atom stereocenters. The van der Waals surface area contributed by atoms with E-state index in [9.17, 15) is 38.7 Å². The number of guanidine groups is 2. The van der Waals surface area contributed by atoms with Crippen LogP contribution in [0.3, 0.4) is 0 Å². The fourth-order valence-electron chi connectivity index (χ4n) is 8.49. The molecule has 3 aliphatic heterocycles. The Kier molecular flexibility index (Phi) is 20.2. The van der Waals surface area contributed by atoms with Crippen molar-refractivity contribution in [1.82, 2.24) is 30.7 Å². The van der Waals surface area contributed by atoms with Crippen molar-refractivity contribution in [3.63, 3.8) is 0 Å². The zero-order valence-corrected chi connectivity index (χ0v) is 37.0. The fourth-order valence-corrected chi connectivity index (χ4v) is 8.49. The highest BCUT2D eigenvalue weighted by Gasteiger charge is 2.46. The summed E-state index contributed by atoms with van der Waals surface area (Å²) in [5, 5.41) is 18.7. The number of likely N-dealkylation sites (tertiary alicyclic amines) is 3. The lowest BCUT2D eigenvalue weighted by Gasteiger charge is -2.33. The molecule has 21 heteroatoms. The third kappa shape index (κ3) is 15.5. The van der Waals surface area contributed by atoms with Gasteiger partial charge in [-0.3, -0.25) is 48.4 Å². The van der Waals surface area contributed by atoms with Crippen LogP contribution < -0.4 is 44.6 Å². The van der Waals surface area contributed by atoms with Crippen LogP contribution in [0, 0.1) is 5.92 Å². The molecule has 7 atom stereocenters. The van der Waals surface area contributed by atoms with Crippen molar-refractivity contribution in [3.05, 3.63) is 35.9 Å². The number of nitrogens with two attached hydrogens (primary N) is 5. The molecule has 64 heavy (non-hydrogen) atoms. The second-order valence-electron chi connectivity index (χ2n) is 16.9. The summed E-state index contributed by atoms with van der Waals surface area (Å²) in [6.07, 6.45) is 6.08. The van der Waals surface area contributed by atoms with Crippen LogP contribution in [-0.4, -0.2) is 149 Å². The number of β-amino-alcohol motifs (C(OH)–C–C–N with tert-alkyl or cyclic N) is 1. The van der Waals surface area contributed by atoms with Gasteiger partial charge in [-0.25, -0.2) is 0 Å². The van der Waals surface area contributed by atoms with Crippen LogP contribution in [-0.2, 0) is 40.0 Å². The highest BCUT2D eigenvalue weighted by Crippen LogP contribution is 2.27. The van der Waals surface area contributed by atoms with Crippen LogP contribution in [0.5, 0.6) is 0 Å². The van der Waals surface area contributed by atoms with Gasteiger partial charge in [0.15, 0.2) is 11.9 Å². The highest BCUT2D eigenvalue weighted by molar-refractivity contribution is 6.01. The number of aliphatic imine (C=N–C) groups is 2. The van der Waals surface area contributed by atoms with Crippen LogP contribution in [0.4, 0.5) is 0 Å². The van der Waals surface area contributed by atoms with E-state index in [1.807, 2.05) is 30.3 Å². The first-order valence-electron chi connectivity index (χ1n) is 22.5. The predicted octanol–water partition coefficient (Wildman–Crippen LogP) is -1.95. The largest absolute Gasteiger partial charge is 0.391 e. The normalized spacial score (nSPS) is 20.9. The standard InChI is InChI=1S/C43H69N13O8/c1-2-3-4-6-14-28-22-36(59)56(25-28)40(63)32(21-27-12-7-5-8-13-27)52-35(58)24-51-38(61)34-23-29(57)26-55(34)41(64)33-17-11-20-54(33)39(62)31(16-10-19-50-43(47)48)53-37(60)30(44)15-9-18-49-42(45)46/h5,7-8,12-13,28-34,57H,2-4,6,9-11,14-26,44H2,1H3,(H,51,61)(H,52,58)(H,53,60)(H4,45,46,49)(H4,47,48,50)/t28-,29+,30-,31+,32+,33+,34+/m1/s1. The number of nitrogens with zero attached hydrogens (tertiary/aromatic N) is 5. The number of aliphatic hydroxyl groups is 1. The lowest BCUT2D eigenvalue weighted by molar-refractivity contribution is -0.148. The molecule has 4 rings (SSSR count). The molecule has 0 bridgehead atoms. The number of imide groups is 1. The summed E-state index contributed by atoms with van der Waals surface area (Å²) in [5.41, 5.74) is 28.6. The molecule has 21 nitrogen and oxygen atoms in total. The lowest BCUT2D eigenvalue weighted by atomic mass is 10.00. The van der Waals surface area contributed by atoms with Gasteiger partial charge >= 0.3 is 0 Å². The topological polar surface area (TPSA) is 340 Å². The van der Waals surface area contributed by atoms with Crippen LogP contribution in [0.1, 0.15) is 96.0 Å². The van der Waals surface area contributed by atoms with Crippen LogP contribution in [0.25, 0.3) is 0 Å². The van der Waals surface area contributed by atoms with E-state index in [1.54, 1.807) is 0 Å². The number of carbonyl (C=O) groups excluding carboxylic acids is 7. The number of amides is 7. The van der Waals surface area contributed by atoms with Gasteiger partial charge in [0.1, 0.15) is 24.2 Å². The van der Waals surface area contributed by atoms with Gasteiger partial charge < -0.3 is 59.5 Å². The number of nitrogens with one attached hydrogen (secondary N) is 3. The smallest absolute Gasteiger partial charge is 0.252 e. The van der Waals surface area contributed by atoms with Crippen LogP contribution in [0.15, 0.2) is 40.3 Å². The number of rotatable bonds is 24. The summed E-state index contributed by atoms with van der Waals surface area (Å²) in [5.74, 6) is -4.05. The Bertz CT molecular complexity index is 1820. The van der Waals surface area contributed by atoms with Crippen molar-refractivity contribution < 1.29 is 38.7 Å². The van der Waals surface area contributed by atoms with Gasteiger partial charge in [0, 0.05) is 52.0 Å². The zero-order valence-electron chi connectivity index (χ0n) is 37.0. The second kappa shape index (κ2) is 25.5. The van der Waals surface area contributed by atoms with Gasteiger partial charge in [-0.15, -0.1) is 0 Å². The minimum Gasteiger partial charge on any atom is -0.391 e. The Labute approximate surface area is 374 Å². The lowest BCUT2D eigenvalue weighted by Crippen LogP contribution is -2.57. The molecule has 3 aliphatic rings. The van der Waals surface area contributed by atoms with Crippen LogP contribution >= 0.6 is 0 Å². The van der Waals surface area contributed by atoms with Crippen LogP contribution in [0.2, 0.25) is 0 Å². The van der Waals surface area contributed by atoms with Crippen molar-refractivity contribution in [2.75, 3.05) is 39.3 Å². The SMILES string of the molecule is CCCCCC[C@@H]1CC(=O)N(C(=O)[C@H](Cc2ccccc2)NC(=O)CNC(=O)[C@@H]2C[C@H](O)CN2C(=O)[C@@H]2CCCN2C(=O)[C@H](CCCN=C(N)N)NC(=O)[C@H](N)CCCN=C(N)N)C1. The van der Waals surface area contributed by atoms with E-state index in [-0.39, 0.29) is 95.0 Å². The zero-order chi connectivity index (χ0) is 46.8. The number of unbranched alkanes of at least 4 members (excludes halogenated alkanes) is 3. The summed E-state index contributed by atoms with van der Waals surface area (Å²) in [6.45, 7) is 2.30. The third-order valence-corrected chi connectivity index (χ3v) is 11.8. The average molecular weight is 896 g/mol. The van der Waals surface area contributed by atoms with E-state index >= 15 is 0 Å². The molecular formula is C43H69N13O8. The van der Waals surface area contributed by atoms with Crippen molar-refractivity contribution in [3.8, 4) is 0 Å². The number of hydrogen-bond acceptors (Lipinski definition) is 11. The molecule has 0 aromatic heterocycles. The van der Waals surface area contributed by atoms with E-state index in [0.29, 0.717) is 19.3 Å². The molecule has 0 aliphatic carbocycles. The van der Waals surface area contributed by atoms with Crippen molar-refractivity contribution in [1.29, 1.82) is 0 Å². The molecule has 3 fully saturated rings. The molecule has 0 spiro atoms. The molecular weight excluding hydrogens is 827 g/mol. The summed E-state index contributed by atoms with van der Waals surface area (Å²) in [7, 11) is 0. The van der Waals surface area contributed by atoms with Gasteiger partial charge in [-0.05, 0) is 56.4 Å². The van der Waals surface area contributed by atoms with Gasteiger partial charge in [0.25, 0.3) is 5.91 Å². The van der Waals surface area contributed by atoms with Crippen molar-refractivity contribution in [2.45, 2.75) is 133 Å². The Hall–Kier alpha value is -5.83. The monoisotopic (exact) mass is 896 g/mol. The maximum Gasteiger partial charge on any atom is 0.252 e. The summed E-state index contributed by atoms with van der Waals surface area (Å²) < 4.78 is 0. The summed E-state index contributed by atoms with van der Waals surface area (Å²) in [6, 6.07) is 3.75. The molecule has 1 aromatic carbocycles. The fraction of sp³-hybridized carbons (Fsp3) is 0.651. The highest BCUT2D eigenvalue weighted by atomic mass is 16.3. The van der Waals surface area contributed by atoms with Gasteiger partial charge in [-0.2, -0.15) is 0 Å². The second-order valence-corrected chi connectivity index (χ2v) is 16.9. The Morgan fingerprint density at radius 1 is 0.828 bits per heavy atom. The van der Waals surface area contributed by atoms with E-state index in [4.69, 9.17) is 28.7 Å². The molecule has 1 aromatic rings. The molecule has 354 valence electrons. The van der Waals surface area contributed by atoms with Gasteiger partial charge in [0.05, 0.1) is 18.7 Å². The maximum atomic E-state index is 14.2. The summed E-state index contributed by atoms with van der Waals surface area (Å²) >= 11 is 0.